The number of benzene rings is 1. The maximum Gasteiger partial charge on any atom is 0.362 e. The summed E-state index contributed by atoms with van der Waals surface area (Å²) in [6.45, 7) is 1.88. The number of oxime groups is 1. The molecule has 0 aliphatic carbocycles. The number of nitrogens with zero attached hydrogens (tertiary/aromatic N) is 2. The predicted molar refractivity (Wildman–Crippen MR) is 91.7 cm³/mol. The fraction of sp³-hybridized carbons (Fsp3) is 0.200. The van der Waals surface area contributed by atoms with E-state index in [1.807, 2.05) is 0 Å². The fourth-order valence-corrected chi connectivity index (χ4v) is 2.51. The van der Waals surface area contributed by atoms with E-state index in [0.717, 1.165) is 11.3 Å². The number of carbonyl (C=O) groups excluding carboxylic acids is 2. The average Bonchev–Trinajstić information content (AvgIpc) is 3.01. The Morgan fingerprint density at radius 2 is 2.04 bits per heavy atom. The Morgan fingerprint density at radius 1 is 1.33 bits per heavy atom. The van der Waals surface area contributed by atoms with E-state index >= 15 is 0 Å². The Labute approximate surface area is 147 Å². The van der Waals surface area contributed by atoms with Crippen molar-refractivity contribution >= 4 is 45.7 Å². The molecule has 0 aliphatic heterocycles. The molecule has 0 radical (unpaired) electrons. The van der Waals surface area contributed by atoms with Gasteiger partial charge in [-0.3, -0.25) is 10.1 Å². The number of anilines is 1. The molecule has 2 rings (SSSR count). The molecule has 24 heavy (non-hydrogen) atoms. The van der Waals surface area contributed by atoms with Gasteiger partial charge in [0.15, 0.2) is 5.13 Å². The predicted octanol–water partition coefficient (Wildman–Crippen LogP) is 2.96. The van der Waals surface area contributed by atoms with E-state index in [9.17, 15) is 9.59 Å². The lowest BCUT2D eigenvalue weighted by molar-refractivity contribution is -0.135. The summed E-state index contributed by atoms with van der Waals surface area (Å²) < 4.78 is 4.90. The van der Waals surface area contributed by atoms with Gasteiger partial charge in [-0.15, -0.1) is 11.3 Å². The summed E-state index contributed by atoms with van der Waals surface area (Å²) in [4.78, 5) is 32.8. The van der Waals surface area contributed by atoms with E-state index in [4.69, 9.17) is 16.3 Å². The van der Waals surface area contributed by atoms with Crippen LogP contribution in [0.1, 0.15) is 23.0 Å². The van der Waals surface area contributed by atoms with Crippen molar-refractivity contribution in [3.8, 4) is 0 Å². The van der Waals surface area contributed by atoms with Crippen LogP contribution >= 0.6 is 22.9 Å². The minimum Gasteiger partial charge on any atom is -0.461 e. The molecule has 1 aromatic heterocycles. The van der Waals surface area contributed by atoms with Gasteiger partial charge >= 0.3 is 5.97 Å². The quantitative estimate of drug-likeness (QED) is 0.481. The molecule has 7 nitrogen and oxygen atoms in total. The van der Waals surface area contributed by atoms with Gasteiger partial charge in [-0.2, -0.15) is 0 Å². The zero-order valence-corrected chi connectivity index (χ0v) is 14.5. The van der Waals surface area contributed by atoms with Gasteiger partial charge in [0.25, 0.3) is 5.91 Å². The summed E-state index contributed by atoms with van der Waals surface area (Å²) in [6, 6.07) is 6.44. The van der Waals surface area contributed by atoms with Crippen molar-refractivity contribution in [2.45, 2.75) is 6.92 Å². The highest BCUT2D eigenvalue weighted by molar-refractivity contribution is 7.14. The lowest BCUT2D eigenvalue weighted by Crippen LogP contribution is -2.20. The first-order valence-electron chi connectivity index (χ1n) is 6.86. The van der Waals surface area contributed by atoms with Crippen LogP contribution in [0.25, 0.3) is 0 Å². The number of esters is 1. The Hall–Kier alpha value is -2.45. The Kier molecular flexibility index (Phi) is 6.28. The molecule has 2 aromatic rings. The fourth-order valence-electron chi connectivity index (χ4n) is 1.69. The van der Waals surface area contributed by atoms with Crippen LogP contribution in [-0.4, -0.2) is 36.3 Å². The van der Waals surface area contributed by atoms with Gasteiger partial charge in [0.2, 0.25) is 5.71 Å². The first kappa shape index (κ1) is 17.9. The molecule has 9 heteroatoms. The van der Waals surface area contributed by atoms with Crippen molar-refractivity contribution in [1.82, 2.24) is 4.98 Å². The average molecular weight is 368 g/mol. The smallest absolute Gasteiger partial charge is 0.362 e. The summed E-state index contributed by atoms with van der Waals surface area (Å²) in [6.07, 6.45) is 0. The maximum absolute atomic E-state index is 12.1. The van der Waals surface area contributed by atoms with Crippen molar-refractivity contribution < 1.29 is 19.2 Å². The van der Waals surface area contributed by atoms with E-state index in [2.05, 4.69) is 20.3 Å². The molecular formula is C15H14ClN3O4S. The first-order chi connectivity index (χ1) is 11.5. The lowest BCUT2D eigenvalue weighted by atomic mass is 10.2. The molecule has 1 aromatic carbocycles. The van der Waals surface area contributed by atoms with Crippen molar-refractivity contribution in [3.63, 3.8) is 0 Å². The van der Waals surface area contributed by atoms with Gasteiger partial charge in [0, 0.05) is 16.0 Å². The van der Waals surface area contributed by atoms with Gasteiger partial charge in [0.05, 0.1) is 6.61 Å². The van der Waals surface area contributed by atoms with E-state index in [1.54, 1.807) is 36.6 Å². The Morgan fingerprint density at radius 3 is 2.67 bits per heavy atom. The van der Waals surface area contributed by atoms with Crippen LogP contribution in [0.2, 0.25) is 5.02 Å². The largest absolute Gasteiger partial charge is 0.461 e. The highest BCUT2D eigenvalue weighted by atomic mass is 35.5. The molecule has 1 heterocycles. The molecule has 0 saturated carbocycles. The SMILES string of the molecule is CCOC(=O)/C(=N\OC)c1csc(NC(=O)c2ccc(Cl)cc2)n1. The molecular weight excluding hydrogens is 354 g/mol. The number of amides is 1. The summed E-state index contributed by atoms with van der Waals surface area (Å²) >= 11 is 6.94. The third-order valence-corrected chi connectivity index (χ3v) is 3.73. The molecule has 1 N–H and O–H groups in total. The topological polar surface area (TPSA) is 89.9 Å². The molecule has 0 spiro atoms. The number of hydrogen-bond acceptors (Lipinski definition) is 7. The zero-order valence-electron chi connectivity index (χ0n) is 12.9. The second-order valence-corrected chi connectivity index (χ2v) is 5.64. The number of nitrogens with one attached hydrogen (secondary N) is 1. The van der Waals surface area contributed by atoms with Crippen molar-refractivity contribution in [1.29, 1.82) is 0 Å². The zero-order chi connectivity index (χ0) is 17.5. The van der Waals surface area contributed by atoms with Crippen LogP contribution in [0, 0.1) is 0 Å². The monoisotopic (exact) mass is 367 g/mol. The number of aromatic nitrogens is 1. The summed E-state index contributed by atoms with van der Waals surface area (Å²) in [5.74, 6) is -0.992. The molecule has 0 unspecified atom stereocenters. The van der Waals surface area contributed by atoms with E-state index in [1.165, 1.54) is 7.11 Å². The molecule has 0 atom stereocenters. The number of carbonyl (C=O) groups is 2. The van der Waals surface area contributed by atoms with Crippen molar-refractivity contribution in [3.05, 3.63) is 45.9 Å². The molecule has 0 bridgehead atoms. The molecule has 0 aliphatic rings. The van der Waals surface area contributed by atoms with Crippen LogP contribution in [-0.2, 0) is 14.4 Å². The van der Waals surface area contributed by atoms with Crippen LogP contribution in [0.5, 0.6) is 0 Å². The Balaban J connectivity index is 2.14. The van der Waals surface area contributed by atoms with E-state index < -0.39 is 5.97 Å². The lowest BCUT2D eigenvalue weighted by Gasteiger charge is -2.03. The van der Waals surface area contributed by atoms with E-state index in [0.29, 0.717) is 15.7 Å². The number of halogens is 1. The number of thiazole rings is 1. The highest BCUT2D eigenvalue weighted by Gasteiger charge is 2.20. The van der Waals surface area contributed by atoms with Gasteiger partial charge in [-0.05, 0) is 31.2 Å². The molecule has 0 saturated heterocycles. The summed E-state index contributed by atoms with van der Waals surface area (Å²) in [5.41, 5.74) is 0.627. The summed E-state index contributed by atoms with van der Waals surface area (Å²) in [5, 5.41) is 8.71. The second-order valence-electron chi connectivity index (χ2n) is 4.34. The molecule has 1 amide bonds. The molecule has 126 valence electrons. The van der Waals surface area contributed by atoms with Gasteiger partial charge in [0.1, 0.15) is 12.8 Å². The van der Waals surface area contributed by atoms with E-state index in [-0.39, 0.29) is 23.9 Å². The third-order valence-electron chi connectivity index (χ3n) is 2.73. The van der Waals surface area contributed by atoms with Gasteiger partial charge in [-0.25, -0.2) is 9.78 Å². The third kappa shape index (κ3) is 4.53. The van der Waals surface area contributed by atoms with Gasteiger partial charge in [-0.1, -0.05) is 16.8 Å². The normalized spacial score (nSPS) is 11.0. The molecule has 0 fully saturated rings. The standard InChI is InChI=1S/C15H14ClN3O4S/c1-3-23-14(21)12(19-22-2)11-8-24-15(17-11)18-13(20)9-4-6-10(16)7-5-9/h4-8H,3H2,1-2H3,(H,17,18,20)/b19-12-. The van der Waals surface area contributed by atoms with Crippen LogP contribution in [0.15, 0.2) is 34.8 Å². The van der Waals surface area contributed by atoms with Crippen LogP contribution in [0.3, 0.4) is 0 Å². The van der Waals surface area contributed by atoms with Crippen molar-refractivity contribution in [2.24, 2.45) is 5.16 Å². The highest BCUT2D eigenvalue weighted by Crippen LogP contribution is 2.18. The van der Waals surface area contributed by atoms with Crippen LogP contribution in [0.4, 0.5) is 5.13 Å². The van der Waals surface area contributed by atoms with Crippen LogP contribution < -0.4 is 5.32 Å². The second kappa shape index (κ2) is 8.42. The Bertz CT molecular complexity index is 758. The van der Waals surface area contributed by atoms with Gasteiger partial charge < -0.3 is 9.57 Å². The maximum atomic E-state index is 12.1. The number of ether oxygens (including phenoxy) is 1. The number of rotatable bonds is 6. The minimum absolute atomic E-state index is 0.0670. The van der Waals surface area contributed by atoms with Crippen molar-refractivity contribution in [2.75, 3.05) is 19.0 Å². The first-order valence-corrected chi connectivity index (χ1v) is 8.12. The number of hydrogen-bond donors (Lipinski definition) is 1. The minimum atomic E-state index is -0.653. The summed E-state index contributed by atoms with van der Waals surface area (Å²) in [7, 11) is 1.31.